The van der Waals surface area contributed by atoms with Crippen molar-refractivity contribution >= 4 is 0 Å². The fourth-order valence-electron chi connectivity index (χ4n) is 2.42. The number of rotatable bonds is 9. The fraction of sp³-hybridized carbons (Fsp3) is 0.722. The number of aromatic nitrogens is 1. The first-order valence-electron chi connectivity index (χ1n) is 8.40. The number of nitrogens with zero attached hydrogens (tertiary/aromatic N) is 1. The van der Waals surface area contributed by atoms with Crippen LogP contribution in [0.4, 0.5) is 0 Å². The largest absolute Gasteiger partial charge is 0.312 e. The summed E-state index contributed by atoms with van der Waals surface area (Å²) in [4.78, 5) is 12.7. The zero-order valence-corrected chi connectivity index (χ0v) is 14.4. The summed E-state index contributed by atoms with van der Waals surface area (Å²) >= 11 is 0. The Hall–Kier alpha value is -1.09. The molecule has 1 aromatic heterocycles. The van der Waals surface area contributed by atoms with Gasteiger partial charge in [-0.05, 0) is 37.3 Å². The van der Waals surface area contributed by atoms with Gasteiger partial charge in [-0.25, -0.2) is 0 Å². The molecule has 0 saturated heterocycles. The zero-order chi connectivity index (χ0) is 15.8. The van der Waals surface area contributed by atoms with Crippen molar-refractivity contribution < 1.29 is 0 Å². The lowest BCUT2D eigenvalue weighted by molar-refractivity contribution is 0.487. The van der Waals surface area contributed by atoms with E-state index >= 15 is 0 Å². The van der Waals surface area contributed by atoms with E-state index in [-0.39, 0.29) is 5.56 Å². The van der Waals surface area contributed by atoms with Crippen molar-refractivity contribution in [2.45, 2.75) is 72.9 Å². The molecule has 3 heteroatoms. The molecule has 0 atom stereocenters. The summed E-state index contributed by atoms with van der Waals surface area (Å²) in [5.41, 5.74) is 2.23. The average Bonchev–Trinajstić information content (AvgIpc) is 2.43. The van der Waals surface area contributed by atoms with E-state index in [4.69, 9.17) is 0 Å². The minimum atomic E-state index is 0.186. The van der Waals surface area contributed by atoms with Crippen LogP contribution in [0.25, 0.3) is 0 Å². The van der Waals surface area contributed by atoms with E-state index in [0.717, 1.165) is 37.2 Å². The fourth-order valence-corrected chi connectivity index (χ4v) is 2.42. The molecular formula is C18H32N2O. The summed E-state index contributed by atoms with van der Waals surface area (Å²) in [7, 11) is 0. The number of unbranched alkanes of at least 4 members (excludes halogenated alkanes) is 1. The van der Waals surface area contributed by atoms with Crippen LogP contribution in [-0.4, -0.2) is 11.1 Å². The van der Waals surface area contributed by atoms with Crippen LogP contribution in [-0.2, 0) is 13.1 Å². The molecule has 0 bridgehead atoms. The van der Waals surface area contributed by atoms with E-state index in [1.807, 2.05) is 10.6 Å². The van der Waals surface area contributed by atoms with Gasteiger partial charge in [-0.1, -0.05) is 47.1 Å². The van der Waals surface area contributed by atoms with Gasteiger partial charge >= 0.3 is 0 Å². The monoisotopic (exact) mass is 292 g/mol. The van der Waals surface area contributed by atoms with Crippen molar-refractivity contribution in [3.8, 4) is 0 Å². The molecule has 0 spiro atoms. The third-order valence-corrected chi connectivity index (χ3v) is 3.83. The molecule has 21 heavy (non-hydrogen) atoms. The Kier molecular flexibility index (Phi) is 7.73. The smallest absolute Gasteiger partial charge is 0.255 e. The van der Waals surface area contributed by atoms with Crippen molar-refractivity contribution in [1.82, 2.24) is 9.88 Å². The Bertz CT molecular complexity index is 475. The lowest BCUT2D eigenvalue weighted by atomic mass is 10.1. The Balaban J connectivity index is 2.91. The van der Waals surface area contributed by atoms with Crippen LogP contribution in [0.15, 0.2) is 16.9 Å². The average molecular weight is 292 g/mol. The molecule has 0 unspecified atom stereocenters. The van der Waals surface area contributed by atoms with Gasteiger partial charge in [-0.15, -0.1) is 0 Å². The highest BCUT2D eigenvalue weighted by Crippen LogP contribution is 2.14. The van der Waals surface area contributed by atoms with Gasteiger partial charge in [0.25, 0.3) is 5.56 Å². The molecule has 120 valence electrons. The third-order valence-electron chi connectivity index (χ3n) is 3.83. The van der Waals surface area contributed by atoms with Gasteiger partial charge < -0.3 is 9.88 Å². The standard InChI is InChI=1S/C18H32N2O/c1-6-7-11-19-13-16-8-9-17(15(4)5)20(18(16)21)12-10-14(2)3/h8-9,14-15,19H,6-7,10-13H2,1-5H3. The minimum Gasteiger partial charge on any atom is -0.312 e. The summed E-state index contributed by atoms with van der Waals surface area (Å²) in [6.07, 6.45) is 3.38. The molecule has 0 radical (unpaired) electrons. The SMILES string of the molecule is CCCCNCc1ccc(C(C)C)n(CCC(C)C)c1=O. The van der Waals surface area contributed by atoms with Crippen molar-refractivity contribution in [2.75, 3.05) is 6.54 Å². The highest BCUT2D eigenvalue weighted by Gasteiger charge is 2.11. The molecule has 1 rings (SSSR count). The van der Waals surface area contributed by atoms with Crippen molar-refractivity contribution in [1.29, 1.82) is 0 Å². The summed E-state index contributed by atoms with van der Waals surface area (Å²) in [6.45, 7) is 13.4. The molecule has 1 heterocycles. The van der Waals surface area contributed by atoms with Crippen LogP contribution in [0, 0.1) is 5.92 Å². The van der Waals surface area contributed by atoms with Crippen molar-refractivity contribution in [2.24, 2.45) is 5.92 Å². The number of pyridine rings is 1. The van der Waals surface area contributed by atoms with E-state index in [9.17, 15) is 4.79 Å². The van der Waals surface area contributed by atoms with Crippen LogP contribution in [0.2, 0.25) is 0 Å². The molecule has 1 N–H and O–H groups in total. The lowest BCUT2D eigenvalue weighted by Crippen LogP contribution is -2.30. The van der Waals surface area contributed by atoms with Crippen LogP contribution in [0.3, 0.4) is 0 Å². The third kappa shape index (κ3) is 5.66. The highest BCUT2D eigenvalue weighted by atomic mass is 16.1. The molecule has 3 nitrogen and oxygen atoms in total. The first-order valence-corrected chi connectivity index (χ1v) is 8.40. The summed E-state index contributed by atoms with van der Waals surface area (Å²) in [6, 6.07) is 4.13. The Labute approximate surface area is 129 Å². The normalized spacial score (nSPS) is 11.6. The zero-order valence-electron chi connectivity index (χ0n) is 14.4. The number of hydrogen-bond acceptors (Lipinski definition) is 2. The van der Waals surface area contributed by atoms with Crippen LogP contribution in [0.1, 0.15) is 71.1 Å². The molecule has 1 aromatic rings. The van der Waals surface area contributed by atoms with E-state index in [2.05, 4.69) is 46.0 Å². The maximum atomic E-state index is 12.7. The van der Waals surface area contributed by atoms with Gasteiger partial charge in [0.05, 0.1) is 0 Å². The molecule has 0 amide bonds. The number of nitrogens with one attached hydrogen (secondary N) is 1. The van der Waals surface area contributed by atoms with Crippen LogP contribution in [0.5, 0.6) is 0 Å². The maximum Gasteiger partial charge on any atom is 0.255 e. The second-order valence-electron chi connectivity index (χ2n) is 6.61. The van der Waals surface area contributed by atoms with Crippen LogP contribution >= 0.6 is 0 Å². The predicted molar refractivity (Wildman–Crippen MR) is 90.9 cm³/mol. The quantitative estimate of drug-likeness (QED) is 0.700. The lowest BCUT2D eigenvalue weighted by Gasteiger charge is -2.18. The topological polar surface area (TPSA) is 34.0 Å². The maximum absolute atomic E-state index is 12.7. The van der Waals surface area contributed by atoms with Gasteiger partial charge in [-0.2, -0.15) is 0 Å². The van der Waals surface area contributed by atoms with E-state index < -0.39 is 0 Å². The molecule has 0 aliphatic carbocycles. The van der Waals surface area contributed by atoms with Crippen LogP contribution < -0.4 is 10.9 Å². The first kappa shape index (κ1) is 18.0. The molecule has 0 fully saturated rings. The molecule has 0 saturated carbocycles. The second kappa shape index (κ2) is 9.04. The predicted octanol–water partition coefficient (Wildman–Crippen LogP) is 3.91. The van der Waals surface area contributed by atoms with Gasteiger partial charge in [0.1, 0.15) is 0 Å². The molecular weight excluding hydrogens is 260 g/mol. The first-order chi connectivity index (χ1) is 9.97. The second-order valence-corrected chi connectivity index (χ2v) is 6.61. The Morgan fingerprint density at radius 2 is 1.90 bits per heavy atom. The van der Waals surface area contributed by atoms with Gasteiger partial charge in [0.15, 0.2) is 0 Å². The highest BCUT2D eigenvalue weighted by molar-refractivity contribution is 5.18. The molecule has 0 aromatic carbocycles. The van der Waals surface area contributed by atoms with E-state index in [1.165, 1.54) is 6.42 Å². The van der Waals surface area contributed by atoms with Crippen molar-refractivity contribution in [3.63, 3.8) is 0 Å². The summed E-state index contributed by atoms with van der Waals surface area (Å²) < 4.78 is 1.99. The summed E-state index contributed by atoms with van der Waals surface area (Å²) in [5.74, 6) is 0.996. The summed E-state index contributed by atoms with van der Waals surface area (Å²) in [5, 5.41) is 3.37. The van der Waals surface area contributed by atoms with E-state index in [1.54, 1.807) is 0 Å². The van der Waals surface area contributed by atoms with Gasteiger partial charge in [0.2, 0.25) is 0 Å². The van der Waals surface area contributed by atoms with E-state index in [0.29, 0.717) is 18.4 Å². The van der Waals surface area contributed by atoms with Gasteiger partial charge in [0, 0.05) is 24.3 Å². The molecule has 0 aliphatic heterocycles. The van der Waals surface area contributed by atoms with Crippen molar-refractivity contribution in [3.05, 3.63) is 33.7 Å². The Morgan fingerprint density at radius 3 is 2.48 bits per heavy atom. The minimum absolute atomic E-state index is 0.186. The Morgan fingerprint density at radius 1 is 1.19 bits per heavy atom. The number of hydrogen-bond donors (Lipinski definition) is 1. The molecule has 0 aliphatic rings. The van der Waals surface area contributed by atoms with Gasteiger partial charge in [-0.3, -0.25) is 4.79 Å².